The number of rotatable bonds is 3. The predicted molar refractivity (Wildman–Crippen MR) is 76.6 cm³/mol. The van der Waals surface area contributed by atoms with Crippen molar-refractivity contribution < 1.29 is 14.4 Å². The number of amides is 2. The van der Waals surface area contributed by atoms with Crippen molar-refractivity contribution in [2.75, 3.05) is 7.05 Å². The molecular formula is C16H18N2O3. The monoisotopic (exact) mass is 286 g/mol. The first-order valence-electron chi connectivity index (χ1n) is 7.13. The van der Waals surface area contributed by atoms with Gasteiger partial charge >= 0.3 is 0 Å². The number of imide groups is 1. The fraction of sp³-hybridized carbons (Fsp3) is 0.375. The standard InChI is InChI=1S/C16H18N2O3/c1-3-4-10-18-13(11-8-6-5-7-9-11)12-14(21-18)16(20)17(2)15(12)19/h4-10,12-14H,3H2,1-2H3/b10-4+/t12-,13+,14+/m0/s1. The molecule has 0 aliphatic carbocycles. The van der Waals surface area contributed by atoms with E-state index in [9.17, 15) is 9.59 Å². The summed E-state index contributed by atoms with van der Waals surface area (Å²) in [6, 6.07) is 9.43. The van der Waals surface area contributed by atoms with Crippen LogP contribution in [0.3, 0.4) is 0 Å². The van der Waals surface area contributed by atoms with Crippen LogP contribution in [0.1, 0.15) is 24.9 Å². The number of allylic oxidation sites excluding steroid dienone is 1. The Kier molecular flexibility index (Phi) is 3.51. The van der Waals surface area contributed by atoms with Crippen molar-refractivity contribution in [3.8, 4) is 0 Å². The summed E-state index contributed by atoms with van der Waals surface area (Å²) < 4.78 is 0. The maximum atomic E-state index is 12.4. The number of nitrogens with zero attached hydrogens (tertiary/aromatic N) is 2. The average molecular weight is 286 g/mol. The third-order valence-corrected chi connectivity index (χ3v) is 3.99. The van der Waals surface area contributed by atoms with Gasteiger partial charge in [-0.25, -0.2) is 0 Å². The van der Waals surface area contributed by atoms with Gasteiger partial charge in [-0.3, -0.25) is 24.4 Å². The highest BCUT2D eigenvalue weighted by Gasteiger charge is 2.58. The second kappa shape index (κ2) is 5.33. The summed E-state index contributed by atoms with van der Waals surface area (Å²) in [6.07, 6.45) is 3.92. The molecule has 110 valence electrons. The van der Waals surface area contributed by atoms with Crippen LogP contribution < -0.4 is 0 Å². The molecule has 0 saturated carbocycles. The Morgan fingerprint density at radius 2 is 1.90 bits per heavy atom. The summed E-state index contributed by atoms with van der Waals surface area (Å²) in [5.74, 6) is -0.920. The quantitative estimate of drug-likeness (QED) is 0.796. The van der Waals surface area contributed by atoms with E-state index in [0.717, 1.165) is 12.0 Å². The van der Waals surface area contributed by atoms with E-state index in [1.807, 2.05) is 49.5 Å². The highest BCUT2D eigenvalue weighted by atomic mass is 16.7. The summed E-state index contributed by atoms with van der Waals surface area (Å²) >= 11 is 0. The van der Waals surface area contributed by atoms with Crippen molar-refractivity contribution in [2.24, 2.45) is 5.92 Å². The van der Waals surface area contributed by atoms with Gasteiger partial charge in [0.25, 0.3) is 5.91 Å². The van der Waals surface area contributed by atoms with Crippen molar-refractivity contribution in [3.05, 3.63) is 48.2 Å². The zero-order valence-corrected chi connectivity index (χ0v) is 12.1. The number of likely N-dealkylation sites (tertiary alicyclic amines) is 1. The Morgan fingerprint density at radius 3 is 2.57 bits per heavy atom. The van der Waals surface area contributed by atoms with Gasteiger partial charge in [0, 0.05) is 13.2 Å². The molecule has 1 aromatic carbocycles. The van der Waals surface area contributed by atoms with Gasteiger partial charge in [-0.1, -0.05) is 43.3 Å². The number of benzene rings is 1. The summed E-state index contributed by atoms with van der Waals surface area (Å²) in [7, 11) is 1.51. The van der Waals surface area contributed by atoms with Crippen LogP contribution in [0.25, 0.3) is 0 Å². The molecule has 0 bridgehead atoms. The van der Waals surface area contributed by atoms with Gasteiger partial charge in [-0.15, -0.1) is 0 Å². The number of hydroxylamine groups is 2. The Balaban J connectivity index is 2.00. The molecule has 0 radical (unpaired) electrons. The highest BCUT2D eigenvalue weighted by molar-refractivity contribution is 6.07. The highest BCUT2D eigenvalue weighted by Crippen LogP contribution is 2.44. The smallest absolute Gasteiger partial charge is 0.261 e. The van der Waals surface area contributed by atoms with Gasteiger partial charge in [0.1, 0.15) is 5.92 Å². The number of carbonyl (C=O) groups excluding carboxylic acids is 2. The third kappa shape index (κ3) is 2.14. The number of hydrogen-bond donors (Lipinski definition) is 0. The molecule has 2 amide bonds. The molecule has 2 aliphatic heterocycles. The molecule has 0 unspecified atom stereocenters. The maximum Gasteiger partial charge on any atom is 0.261 e. The summed E-state index contributed by atoms with van der Waals surface area (Å²) in [5.41, 5.74) is 0.974. The molecule has 2 saturated heterocycles. The van der Waals surface area contributed by atoms with E-state index in [2.05, 4.69) is 0 Å². The topological polar surface area (TPSA) is 49.9 Å². The minimum Gasteiger partial charge on any atom is -0.283 e. The molecule has 1 aromatic rings. The van der Waals surface area contributed by atoms with E-state index in [1.54, 1.807) is 5.06 Å². The third-order valence-electron chi connectivity index (χ3n) is 3.99. The van der Waals surface area contributed by atoms with Gasteiger partial charge < -0.3 is 0 Å². The van der Waals surface area contributed by atoms with Crippen molar-refractivity contribution in [1.29, 1.82) is 0 Å². The zero-order valence-electron chi connectivity index (χ0n) is 12.1. The number of hydrogen-bond acceptors (Lipinski definition) is 4. The van der Waals surface area contributed by atoms with E-state index in [-0.39, 0.29) is 17.9 Å². The summed E-state index contributed by atoms with van der Waals surface area (Å²) in [4.78, 5) is 31.4. The number of likely N-dealkylation sites (N-methyl/N-ethyl adjacent to an activating group) is 1. The maximum absolute atomic E-state index is 12.4. The van der Waals surface area contributed by atoms with Crippen molar-refractivity contribution >= 4 is 11.8 Å². The van der Waals surface area contributed by atoms with E-state index in [4.69, 9.17) is 4.84 Å². The van der Waals surface area contributed by atoms with Crippen LogP contribution in [0.2, 0.25) is 0 Å². The van der Waals surface area contributed by atoms with Gasteiger partial charge in [-0.05, 0) is 12.0 Å². The fourth-order valence-electron chi connectivity index (χ4n) is 2.91. The Bertz CT molecular complexity index is 584. The van der Waals surface area contributed by atoms with Crippen LogP contribution in [0.4, 0.5) is 0 Å². The van der Waals surface area contributed by atoms with E-state index >= 15 is 0 Å². The lowest BCUT2D eigenvalue weighted by Crippen LogP contribution is -2.32. The van der Waals surface area contributed by atoms with Gasteiger partial charge in [0.2, 0.25) is 5.91 Å². The van der Waals surface area contributed by atoms with Crippen LogP contribution >= 0.6 is 0 Å². The molecule has 2 heterocycles. The molecule has 2 fully saturated rings. The molecule has 21 heavy (non-hydrogen) atoms. The lowest BCUT2D eigenvalue weighted by atomic mass is 9.91. The molecule has 5 heteroatoms. The second-order valence-corrected chi connectivity index (χ2v) is 5.30. The normalized spacial score (nSPS) is 28.8. The molecule has 0 spiro atoms. The minimum absolute atomic E-state index is 0.175. The first-order valence-corrected chi connectivity index (χ1v) is 7.13. The van der Waals surface area contributed by atoms with Crippen LogP contribution in [0.15, 0.2) is 42.6 Å². The Morgan fingerprint density at radius 1 is 1.19 bits per heavy atom. The molecule has 5 nitrogen and oxygen atoms in total. The fourth-order valence-corrected chi connectivity index (χ4v) is 2.91. The number of fused-ring (bicyclic) bond motifs is 1. The van der Waals surface area contributed by atoms with Crippen molar-refractivity contribution in [3.63, 3.8) is 0 Å². The first kappa shape index (κ1) is 13.8. The largest absolute Gasteiger partial charge is 0.283 e. The minimum atomic E-state index is -0.714. The molecule has 0 aromatic heterocycles. The first-order chi connectivity index (χ1) is 10.1. The number of carbonyl (C=O) groups is 2. The van der Waals surface area contributed by atoms with Gasteiger partial charge in [-0.2, -0.15) is 0 Å². The van der Waals surface area contributed by atoms with E-state index in [0.29, 0.717) is 0 Å². The van der Waals surface area contributed by atoms with Crippen LogP contribution in [0.5, 0.6) is 0 Å². The lowest BCUT2D eigenvalue weighted by Gasteiger charge is -2.25. The van der Waals surface area contributed by atoms with Crippen molar-refractivity contribution in [2.45, 2.75) is 25.5 Å². The van der Waals surface area contributed by atoms with Gasteiger partial charge in [0.05, 0.1) is 6.04 Å². The Hall–Kier alpha value is -2.14. The lowest BCUT2D eigenvalue weighted by molar-refractivity contribution is -0.161. The average Bonchev–Trinajstić information content (AvgIpc) is 2.98. The SMILES string of the molecule is CC/C=C/N1O[C@H]2C(=O)N(C)C(=O)[C@H]2[C@H]1c1ccccc1. The summed E-state index contributed by atoms with van der Waals surface area (Å²) in [6.45, 7) is 2.02. The Labute approximate surface area is 123 Å². The molecular weight excluding hydrogens is 268 g/mol. The van der Waals surface area contributed by atoms with Crippen LogP contribution in [-0.4, -0.2) is 34.9 Å². The molecule has 3 rings (SSSR count). The molecule has 2 aliphatic rings. The van der Waals surface area contributed by atoms with Crippen molar-refractivity contribution in [1.82, 2.24) is 9.96 Å². The van der Waals surface area contributed by atoms with E-state index < -0.39 is 12.0 Å². The predicted octanol–water partition coefficient (Wildman–Crippen LogP) is 1.88. The molecule has 0 N–H and O–H groups in total. The molecule has 3 atom stereocenters. The zero-order chi connectivity index (χ0) is 15.0. The van der Waals surface area contributed by atoms with Crippen LogP contribution in [0, 0.1) is 5.92 Å². The van der Waals surface area contributed by atoms with Gasteiger partial charge in [0.15, 0.2) is 6.10 Å². The van der Waals surface area contributed by atoms with E-state index in [1.165, 1.54) is 11.9 Å². The summed E-state index contributed by atoms with van der Waals surface area (Å²) in [5, 5.41) is 1.65. The second-order valence-electron chi connectivity index (χ2n) is 5.30. The van der Waals surface area contributed by atoms with Crippen LogP contribution in [-0.2, 0) is 14.4 Å².